The number of anilines is 1. The van der Waals surface area contributed by atoms with E-state index in [1.807, 2.05) is 18.3 Å². The van der Waals surface area contributed by atoms with Gasteiger partial charge in [0.2, 0.25) is 5.91 Å². The first-order chi connectivity index (χ1) is 11.7. The molecule has 2 aromatic heterocycles. The fourth-order valence-corrected chi connectivity index (χ4v) is 3.23. The van der Waals surface area contributed by atoms with Crippen molar-refractivity contribution in [2.45, 2.75) is 32.7 Å². The number of thiazole rings is 1. The summed E-state index contributed by atoms with van der Waals surface area (Å²) in [5.41, 5.74) is 2.55. The highest BCUT2D eigenvalue weighted by Gasteiger charge is 2.08. The molecule has 24 heavy (non-hydrogen) atoms. The van der Waals surface area contributed by atoms with E-state index in [9.17, 15) is 4.79 Å². The van der Waals surface area contributed by atoms with Crippen LogP contribution in [0.1, 0.15) is 28.8 Å². The van der Waals surface area contributed by atoms with Crippen molar-refractivity contribution in [3.63, 3.8) is 0 Å². The molecule has 2 heterocycles. The lowest BCUT2D eigenvalue weighted by atomic mass is 10.1. The second-order valence-electron chi connectivity index (χ2n) is 5.55. The zero-order valence-corrected chi connectivity index (χ0v) is 14.3. The smallest absolute Gasteiger partial charge is 0.226 e. The maximum Gasteiger partial charge on any atom is 0.226 e. The summed E-state index contributed by atoms with van der Waals surface area (Å²) in [7, 11) is 0. The van der Waals surface area contributed by atoms with Crippen LogP contribution in [0.25, 0.3) is 0 Å². The Morgan fingerprint density at radius 3 is 3.00 bits per heavy atom. The van der Waals surface area contributed by atoms with Gasteiger partial charge in [-0.25, -0.2) is 9.97 Å². The molecule has 1 amide bonds. The predicted molar refractivity (Wildman–Crippen MR) is 94.0 cm³/mol. The van der Waals surface area contributed by atoms with Crippen molar-refractivity contribution in [1.82, 2.24) is 19.7 Å². The number of nitrogens with one attached hydrogen (secondary N) is 1. The summed E-state index contributed by atoms with van der Waals surface area (Å²) >= 11 is 1.53. The number of carbonyl (C=O) groups is 1. The summed E-state index contributed by atoms with van der Waals surface area (Å²) < 4.78 is 1.72. The summed E-state index contributed by atoms with van der Waals surface area (Å²) in [6.07, 6.45) is 6.97. The van der Waals surface area contributed by atoms with Crippen LogP contribution in [-0.4, -0.2) is 25.7 Å². The number of benzene rings is 1. The van der Waals surface area contributed by atoms with Gasteiger partial charge in [0.05, 0.1) is 0 Å². The molecule has 0 saturated heterocycles. The SMILES string of the molecule is Cc1ccccc1Cc1cnc(NC(=O)CCCn2cncn2)s1. The van der Waals surface area contributed by atoms with Crippen LogP contribution in [0.4, 0.5) is 5.13 Å². The predicted octanol–water partition coefficient (Wildman–Crippen LogP) is 3.05. The number of amides is 1. The summed E-state index contributed by atoms with van der Waals surface area (Å²) in [6, 6.07) is 8.31. The van der Waals surface area contributed by atoms with Crippen LogP contribution >= 0.6 is 11.3 Å². The van der Waals surface area contributed by atoms with Crippen molar-refractivity contribution < 1.29 is 4.79 Å². The van der Waals surface area contributed by atoms with Crippen LogP contribution in [0.2, 0.25) is 0 Å². The van der Waals surface area contributed by atoms with Crippen molar-refractivity contribution in [1.29, 1.82) is 0 Å². The molecule has 0 atom stereocenters. The number of hydrogen-bond donors (Lipinski definition) is 1. The van der Waals surface area contributed by atoms with Crippen LogP contribution in [0.15, 0.2) is 43.1 Å². The molecule has 3 aromatic rings. The van der Waals surface area contributed by atoms with Crippen molar-refractivity contribution in [2.75, 3.05) is 5.32 Å². The Labute approximate surface area is 144 Å². The topological polar surface area (TPSA) is 72.7 Å². The second-order valence-corrected chi connectivity index (χ2v) is 6.66. The third-order valence-electron chi connectivity index (χ3n) is 3.68. The van der Waals surface area contributed by atoms with Crippen LogP contribution in [0.5, 0.6) is 0 Å². The number of carbonyl (C=O) groups excluding carboxylic acids is 1. The maximum absolute atomic E-state index is 12.0. The van der Waals surface area contributed by atoms with Crippen LogP contribution in [0.3, 0.4) is 0 Å². The third kappa shape index (κ3) is 4.48. The highest BCUT2D eigenvalue weighted by Crippen LogP contribution is 2.22. The molecule has 1 aromatic carbocycles. The summed E-state index contributed by atoms with van der Waals surface area (Å²) in [5.74, 6) is -0.0214. The van der Waals surface area contributed by atoms with Gasteiger partial charge in [-0.1, -0.05) is 24.3 Å². The van der Waals surface area contributed by atoms with E-state index < -0.39 is 0 Å². The van der Waals surface area contributed by atoms with Crippen molar-refractivity contribution >= 4 is 22.4 Å². The van der Waals surface area contributed by atoms with Gasteiger partial charge in [0.1, 0.15) is 12.7 Å². The maximum atomic E-state index is 12.0. The van der Waals surface area contributed by atoms with Crippen LogP contribution in [0, 0.1) is 6.92 Å². The highest BCUT2D eigenvalue weighted by atomic mass is 32.1. The summed E-state index contributed by atoms with van der Waals surface area (Å²) in [4.78, 5) is 21.3. The minimum atomic E-state index is -0.0214. The lowest BCUT2D eigenvalue weighted by Crippen LogP contribution is -2.12. The molecule has 6 nitrogen and oxygen atoms in total. The first-order valence-corrected chi connectivity index (χ1v) is 8.64. The largest absolute Gasteiger partial charge is 0.302 e. The average molecular weight is 341 g/mol. The zero-order chi connectivity index (χ0) is 16.8. The van der Waals surface area contributed by atoms with E-state index in [1.165, 1.54) is 28.8 Å². The second kappa shape index (κ2) is 7.83. The fourth-order valence-electron chi connectivity index (χ4n) is 2.37. The molecule has 3 rings (SSSR count). The molecule has 0 radical (unpaired) electrons. The van der Waals surface area contributed by atoms with Gasteiger partial charge in [0.15, 0.2) is 5.13 Å². The van der Waals surface area contributed by atoms with Crippen molar-refractivity contribution in [2.24, 2.45) is 0 Å². The number of rotatable bonds is 7. The van der Waals surface area contributed by atoms with E-state index in [0.717, 1.165) is 17.7 Å². The fraction of sp³-hybridized carbons (Fsp3) is 0.294. The Kier molecular flexibility index (Phi) is 5.32. The van der Waals surface area contributed by atoms with Gasteiger partial charge in [-0.05, 0) is 24.5 Å². The number of aryl methyl sites for hydroxylation is 2. The average Bonchev–Trinajstić information content (AvgIpc) is 3.22. The molecule has 0 aliphatic heterocycles. The van der Waals surface area contributed by atoms with Gasteiger partial charge in [-0.2, -0.15) is 5.10 Å². The van der Waals surface area contributed by atoms with E-state index >= 15 is 0 Å². The summed E-state index contributed by atoms with van der Waals surface area (Å²) in [5, 5.41) is 7.53. The summed E-state index contributed by atoms with van der Waals surface area (Å²) in [6.45, 7) is 2.79. The van der Waals surface area contributed by atoms with Crippen molar-refractivity contribution in [3.8, 4) is 0 Å². The van der Waals surface area contributed by atoms with E-state index in [2.05, 4.69) is 39.4 Å². The van der Waals surface area contributed by atoms with Gasteiger partial charge in [0, 0.05) is 30.5 Å². The molecule has 124 valence electrons. The normalized spacial score (nSPS) is 10.7. The number of hydrogen-bond acceptors (Lipinski definition) is 5. The van der Waals surface area contributed by atoms with E-state index in [4.69, 9.17) is 0 Å². The Morgan fingerprint density at radius 2 is 2.21 bits per heavy atom. The van der Waals surface area contributed by atoms with Gasteiger partial charge in [-0.3, -0.25) is 9.48 Å². The lowest BCUT2D eigenvalue weighted by molar-refractivity contribution is -0.116. The Hall–Kier alpha value is -2.54. The van der Waals surface area contributed by atoms with E-state index in [-0.39, 0.29) is 5.91 Å². The molecule has 0 spiro atoms. The molecular formula is C17H19N5OS. The molecule has 0 unspecified atom stereocenters. The molecule has 0 aliphatic carbocycles. The molecular weight excluding hydrogens is 322 g/mol. The van der Waals surface area contributed by atoms with Crippen LogP contribution in [-0.2, 0) is 17.8 Å². The standard InChI is InChI=1S/C17H19N5OS/c1-13-5-2-3-6-14(13)9-15-10-19-17(24-15)21-16(23)7-4-8-22-12-18-11-20-22/h2-3,5-6,10-12H,4,7-9H2,1H3,(H,19,21,23). The molecule has 7 heteroatoms. The van der Waals surface area contributed by atoms with E-state index in [0.29, 0.717) is 18.1 Å². The highest BCUT2D eigenvalue weighted by molar-refractivity contribution is 7.15. The monoisotopic (exact) mass is 341 g/mol. The van der Waals surface area contributed by atoms with Gasteiger partial charge in [-0.15, -0.1) is 11.3 Å². The zero-order valence-electron chi connectivity index (χ0n) is 13.5. The molecule has 1 N–H and O–H groups in total. The molecule has 0 aliphatic rings. The van der Waals surface area contributed by atoms with Gasteiger partial charge < -0.3 is 5.32 Å². The molecule has 0 bridgehead atoms. The van der Waals surface area contributed by atoms with Gasteiger partial charge in [0.25, 0.3) is 0 Å². The minimum Gasteiger partial charge on any atom is -0.302 e. The van der Waals surface area contributed by atoms with E-state index in [1.54, 1.807) is 11.0 Å². The number of nitrogens with zero attached hydrogens (tertiary/aromatic N) is 4. The Morgan fingerprint density at radius 1 is 1.33 bits per heavy atom. The minimum absolute atomic E-state index is 0.0214. The third-order valence-corrected chi connectivity index (χ3v) is 4.60. The molecule has 0 fully saturated rings. The van der Waals surface area contributed by atoms with Gasteiger partial charge >= 0.3 is 0 Å². The van der Waals surface area contributed by atoms with Crippen molar-refractivity contribution in [3.05, 3.63) is 59.1 Å². The van der Waals surface area contributed by atoms with Crippen LogP contribution < -0.4 is 5.32 Å². The molecule has 0 saturated carbocycles. The first kappa shape index (κ1) is 16.3. The Bertz CT molecular complexity index is 797. The lowest BCUT2D eigenvalue weighted by Gasteiger charge is -2.03. The number of aromatic nitrogens is 4. The first-order valence-electron chi connectivity index (χ1n) is 7.82. The Balaban J connectivity index is 1.48. The quantitative estimate of drug-likeness (QED) is 0.717.